The van der Waals surface area contributed by atoms with E-state index < -0.39 is 9.84 Å². The molecule has 0 amide bonds. The van der Waals surface area contributed by atoms with E-state index in [0.717, 1.165) is 6.26 Å². The Kier molecular flexibility index (Phi) is 3.08. The molecule has 2 aromatic rings. The Labute approximate surface area is 105 Å². The van der Waals surface area contributed by atoms with Crippen LogP contribution in [0.4, 0.5) is 0 Å². The van der Waals surface area contributed by atoms with Crippen LogP contribution in [0.1, 0.15) is 5.69 Å². The predicted octanol–water partition coefficient (Wildman–Crippen LogP) is 1.42. The number of nitrogens with zero attached hydrogens (tertiary/aromatic N) is 3. The highest BCUT2D eigenvalue weighted by molar-refractivity contribution is 7.90. The van der Waals surface area contributed by atoms with Gasteiger partial charge < -0.3 is 0 Å². The van der Waals surface area contributed by atoms with Crippen molar-refractivity contribution in [3.05, 3.63) is 42.5 Å². The number of hydrogen-bond donors (Lipinski definition) is 0. The molecule has 0 fully saturated rings. The maximum atomic E-state index is 11.4. The van der Waals surface area contributed by atoms with Crippen LogP contribution in [0.2, 0.25) is 0 Å². The molecule has 18 heavy (non-hydrogen) atoms. The number of rotatable bonds is 2. The van der Waals surface area contributed by atoms with Gasteiger partial charge in [-0.3, -0.25) is 4.98 Å². The summed E-state index contributed by atoms with van der Waals surface area (Å²) < 4.78 is 22.9. The smallest absolute Gasteiger partial charge is 0.177 e. The second-order valence-corrected chi connectivity index (χ2v) is 5.74. The van der Waals surface area contributed by atoms with Crippen LogP contribution < -0.4 is 0 Å². The topological polar surface area (TPSA) is 83.7 Å². The summed E-state index contributed by atoms with van der Waals surface area (Å²) in [6.45, 7) is 0. The van der Waals surface area contributed by atoms with E-state index in [1.807, 2.05) is 6.07 Å². The average molecular weight is 259 g/mol. The number of pyridine rings is 2. The van der Waals surface area contributed by atoms with E-state index in [4.69, 9.17) is 5.26 Å². The maximum Gasteiger partial charge on any atom is 0.177 e. The minimum absolute atomic E-state index is 0.148. The quantitative estimate of drug-likeness (QED) is 0.814. The molecular formula is C12H9N3O2S. The molecule has 0 radical (unpaired) electrons. The van der Waals surface area contributed by atoms with Crippen LogP contribution in [-0.2, 0) is 9.84 Å². The van der Waals surface area contributed by atoms with Crippen molar-refractivity contribution in [1.29, 1.82) is 5.26 Å². The van der Waals surface area contributed by atoms with Crippen molar-refractivity contribution in [2.45, 2.75) is 4.90 Å². The van der Waals surface area contributed by atoms with Gasteiger partial charge in [0.1, 0.15) is 11.8 Å². The van der Waals surface area contributed by atoms with Crippen LogP contribution in [0.5, 0.6) is 0 Å². The van der Waals surface area contributed by atoms with Gasteiger partial charge in [0.25, 0.3) is 0 Å². The third-order valence-electron chi connectivity index (χ3n) is 2.35. The first-order valence-corrected chi connectivity index (χ1v) is 6.91. The van der Waals surface area contributed by atoms with Gasteiger partial charge in [-0.05, 0) is 23.8 Å². The van der Waals surface area contributed by atoms with Gasteiger partial charge in [-0.25, -0.2) is 13.4 Å². The molecular weight excluding hydrogens is 250 g/mol. The zero-order chi connectivity index (χ0) is 13.2. The molecule has 90 valence electrons. The van der Waals surface area contributed by atoms with Crippen molar-refractivity contribution in [2.24, 2.45) is 0 Å². The van der Waals surface area contributed by atoms with E-state index in [1.54, 1.807) is 18.3 Å². The fraction of sp³-hybridized carbons (Fsp3) is 0.0833. The molecule has 2 aromatic heterocycles. The van der Waals surface area contributed by atoms with E-state index in [2.05, 4.69) is 9.97 Å². The Morgan fingerprint density at radius 2 is 2.00 bits per heavy atom. The lowest BCUT2D eigenvalue weighted by atomic mass is 10.1. The van der Waals surface area contributed by atoms with Crippen molar-refractivity contribution >= 4 is 9.84 Å². The van der Waals surface area contributed by atoms with Crippen LogP contribution in [0.3, 0.4) is 0 Å². The van der Waals surface area contributed by atoms with Crippen molar-refractivity contribution in [3.8, 4) is 17.2 Å². The van der Waals surface area contributed by atoms with Crippen molar-refractivity contribution in [2.75, 3.05) is 6.26 Å². The fourth-order valence-corrected chi connectivity index (χ4v) is 2.04. The van der Waals surface area contributed by atoms with Crippen LogP contribution in [0.15, 0.2) is 41.7 Å². The lowest BCUT2D eigenvalue weighted by molar-refractivity contribution is 0.601. The minimum atomic E-state index is -3.29. The van der Waals surface area contributed by atoms with Gasteiger partial charge in [-0.15, -0.1) is 0 Å². The van der Waals surface area contributed by atoms with Gasteiger partial charge in [0.2, 0.25) is 0 Å². The summed E-state index contributed by atoms with van der Waals surface area (Å²) in [4.78, 5) is 7.90. The Hall–Kier alpha value is -2.26. The zero-order valence-electron chi connectivity index (χ0n) is 9.53. The normalized spacial score (nSPS) is 10.9. The van der Waals surface area contributed by atoms with Crippen molar-refractivity contribution < 1.29 is 8.42 Å². The molecule has 6 heteroatoms. The molecule has 0 bridgehead atoms. The molecule has 0 aliphatic rings. The summed E-state index contributed by atoms with van der Waals surface area (Å²) in [5, 5.41) is 8.77. The maximum absolute atomic E-state index is 11.4. The standard InChI is InChI=1S/C12H9N3O2S/c1-18(16,17)12-5-10(7-14-8-12)9-2-3-15-11(4-9)6-13/h2-5,7-8H,1H3. The molecule has 0 saturated heterocycles. The number of nitriles is 1. The van der Waals surface area contributed by atoms with Gasteiger partial charge in [0, 0.05) is 30.4 Å². The van der Waals surface area contributed by atoms with E-state index >= 15 is 0 Å². The molecule has 0 aliphatic heterocycles. The second kappa shape index (κ2) is 4.55. The molecule has 0 spiro atoms. The first-order valence-electron chi connectivity index (χ1n) is 5.02. The third-order valence-corrected chi connectivity index (χ3v) is 3.43. The summed E-state index contributed by atoms with van der Waals surface area (Å²) in [7, 11) is -3.29. The van der Waals surface area contributed by atoms with E-state index in [0.29, 0.717) is 11.1 Å². The van der Waals surface area contributed by atoms with Gasteiger partial charge in [-0.1, -0.05) is 0 Å². The summed E-state index contributed by atoms with van der Waals surface area (Å²) in [5.74, 6) is 0. The number of hydrogen-bond acceptors (Lipinski definition) is 5. The predicted molar refractivity (Wildman–Crippen MR) is 65.3 cm³/mol. The highest BCUT2D eigenvalue weighted by Gasteiger charge is 2.09. The zero-order valence-corrected chi connectivity index (χ0v) is 10.3. The molecule has 0 saturated carbocycles. The van der Waals surface area contributed by atoms with Gasteiger partial charge in [-0.2, -0.15) is 5.26 Å². The molecule has 0 atom stereocenters. The number of aromatic nitrogens is 2. The Morgan fingerprint density at radius 3 is 2.67 bits per heavy atom. The first-order chi connectivity index (χ1) is 8.50. The van der Waals surface area contributed by atoms with Crippen LogP contribution in [0.25, 0.3) is 11.1 Å². The summed E-state index contributed by atoms with van der Waals surface area (Å²) in [6, 6.07) is 6.74. The molecule has 0 aliphatic carbocycles. The molecule has 2 rings (SSSR count). The lowest BCUT2D eigenvalue weighted by Gasteiger charge is -2.03. The monoisotopic (exact) mass is 259 g/mol. The Balaban J connectivity index is 2.55. The molecule has 2 heterocycles. The fourth-order valence-electron chi connectivity index (χ4n) is 1.45. The SMILES string of the molecule is CS(=O)(=O)c1cncc(-c2ccnc(C#N)c2)c1. The highest BCUT2D eigenvalue weighted by Crippen LogP contribution is 2.21. The Morgan fingerprint density at radius 1 is 1.22 bits per heavy atom. The summed E-state index contributed by atoms with van der Waals surface area (Å²) >= 11 is 0. The average Bonchev–Trinajstić information content (AvgIpc) is 2.38. The largest absolute Gasteiger partial charge is 0.263 e. The lowest BCUT2D eigenvalue weighted by Crippen LogP contribution is -1.98. The second-order valence-electron chi connectivity index (χ2n) is 3.72. The van der Waals surface area contributed by atoms with E-state index in [1.165, 1.54) is 18.5 Å². The van der Waals surface area contributed by atoms with Gasteiger partial charge in [0.05, 0.1) is 4.90 Å². The van der Waals surface area contributed by atoms with Crippen LogP contribution in [-0.4, -0.2) is 24.6 Å². The van der Waals surface area contributed by atoms with Gasteiger partial charge in [0.15, 0.2) is 9.84 Å². The van der Waals surface area contributed by atoms with Gasteiger partial charge >= 0.3 is 0 Å². The number of sulfone groups is 1. The molecule has 0 N–H and O–H groups in total. The molecule has 0 aromatic carbocycles. The van der Waals surface area contributed by atoms with E-state index in [9.17, 15) is 8.42 Å². The first kappa shape index (κ1) is 12.2. The van der Waals surface area contributed by atoms with Crippen LogP contribution in [0, 0.1) is 11.3 Å². The van der Waals surface area contributed by atoms with E-state index in [-0.39, 0.29) is 10.6 Å². The summed E-state index contributed by atoms with van der Waals surface area (Å²) in [5.41, 5.74) is 1.62. The third kappa shape index (κ3) is 2.52. The minimum Gasteiger partial charge on any atom is -0.263 e. The van der Waals surface area contributed by atoms with Crippen LogP contribution >= 0.6 is 0 Å². The Bertz CT molecular complexity index is 733. The summed E-state index contributed by atoms with van der Waals surface area (Å²) in [6.07, 6.45) is 5.47. The van der Waals surface area contributed by atoms with Crippen molar-refractivity contribution in [3.63, 3.8) is 0 Å². The molecule has 0 unspecified atom stereocenters. The highest BCUT2D eigenvalue weighted by atomic mass is 32.2. The van der Waals surface area contributed by atoms with Crippen molar-refractivity contribution in [1.82, 2.24) is 9.97 Å². The molecule has 5 nitrogen and oxygen atoms in total.